The molecule has 0 saturated carbocycles. The summed E-state index contributed by atoms with van der Waals surface area (Å²) >= 11 is 0. The highest BCUT2D eigenvalue weighted by Gasteiger charge is 2.13. The first-order valence-electron chi connectivity index (χ1n) is 6.29. The lowest BCUT2D eigenvalue weighted by Gasteiger charge is -2.15. The zero-order chi connectivity index (χ0) is 14.7. The van der Waals surface area contributed by atoms with Gasteiger partial charge in [-0.15, -0.1) is 0 Å². The molecule has 0 atom stereocenters. The Bertz CT molecular complexity index is 704. The summed E-state index contributed by atoms with van der Waals surface area (Å²) in [6.07, 6.45) is 7.88. The predicted molar refractivity (Wildman–Crippen MR) is 73.5 cm³/mol. The molecule has 1 N–H and O–H groups in total. The van der Waals surface area contributed by atoms with E-state index >= 15 is 0 Å². The number of imidazole rings is 1. The third-order valence-electron chi connectivity index (χ3n) is 2.94. The molecule has 0 fully saturated rings. The lowest BCUT2D eigenvalue weighted by atomic mass is 10.2. The van der Waals surface area contributed by atoms with Crippen molar-refractivity contribution >= 4 is 5.91 Å². The van der Waals surface area contributed by atoms with E-state index in [1.807, 2.05) is 0 Å². The number of rotatable bonds is 4. The van der Waals surface area contributed by atoms with Crippen LogP contribution in [-0.4, -0.2) is 47.6 Å². The highest BCUT2D eigenvalue weighted by molar-refractivity contribution is 5.93. The molecule has 3 aromatic rings. The summed E-state index contributed by atoms with van der Waals surface area (Å²) in [6.45, 7) is 0.413. The van der Waals surface area contributed by atoms with Crippen LogP contribution in [0.4, 0.5) is 0 Å². The van der Waals surface area contributed by atoms with E-state index in [1.165, 1.54) is 17.2 Å². The van der Waals surface area contributed by atoms with Crippen LogP contribution in [0.5, 0.6) is 0 Å². The fourth-order valence-electron chi connectivity index (χ4n) is 1.88. The summed E-state index contributed by atoms with van der Waals surface area (Å²) in [5.74, 6) is 1.22. The molecule has 0 bridgehead atoms. The van der Waals surface area contributed by atoms with E-state index in [0.717, 1.165) is 5.82 Å². The van der Waals surface area contributed by atoms with E-state index in [4.69, 9.17) is 0 Å². The molecule has 0 unspecified atom stereocenters. The van der Waals surface area contributed by atoms with Crippen molar-refractivity contribution in [2.75, 3.05) is 7.05 Å². The van der Waals surface area contributed by atoms with Crippen molar-refractivity contribution in [2.45, 2.75) is 6.54 Å². The number of amides is 1. The van der Waals surface area contributed by atoms with Crippen LogP contribution in [0.2, 0.25) is 0 Å². The van der Waals surface area contributed by atoms with Gasteiger partial charge < -0.3 is 9.88 Å². The topological polar surface area (TPSA) is 92.6 Å². The number of aromatic nitrogens is 6. The molecule has 8 heteroatoms. The Morgan fingerprint density at radius 2 is 2.29 bits per heavy atom. The average Bonchev–Trinajstić information content (AvgIpc) is 3.20. The summed E-state index contributed by atoms with van der Waals surface area (Å²) in [5, 5.41) is 3.98. The molecule has 0 radical (unpaired) electrons. The highest BCUT2D eigenvalue weighted by atomic mass is 16.2. The van der Waals surface area contributed by atoms with Crippen LogP contribution in [0.15, 0.2) is 43.4 Å². The maximum Gasteiger partial charge on any atom is 0.255 e. The number of aromatic amines is 1. The number of hydrogen-bond acceptors (Lipinski definition) is 5. The number of H-pyrrole nitrogens is 1. The van der Waals surface area contributed by atoms with Gasteiger partial charge in [0.25, 0.3) is 5.91 Å². The monoisotopic (exact) mass is 283 g/mol. The van der Waals surface area contributed by atoms with Crippen molar-refractivity contribution in [3.05, 3.63) is 54.8 Å². The summed E-state index contributed by atoms with van der Waals surface area (Å²) in [5.41, 5.74) is 0.507. The number of carbonyl (C=O) groups is 1. The summed E-state index contributed by atoms with van der Waals surface area (Å²) in [7, 11) is 1.72. The van der Waals surface area contributed by atoms with Crippen molar-refractivity contribution < 1.29 is 4.79 Å². The third-order valence-corrected chi connectivity index (χ3v) is 2.94. The molecule has 3 aromatic heterocycles. The molecule has 0 aromatic carbocycles. The minimum atomic E-state index is -0.121. The molecule has 8 nitrogen and oxygen atoms in total. The maximum absolute atomic E-state index is 12.3. The highest BCUT2D eigenvalue weighted by Crippen LogP contribution is 2.08. The van der Waals surface area contributed by atoms with E-state index in [2.05, 4.69) is 25.0 Å². The predicted octanol–water partition coefficient (Wildman–Crippen LogP) is 0.658. The number of nitrogens with zero attached hydrogens (tertiary/aromatic N) is 6. The van der Waals surface area contributed by atoms with Gasteiger partial charge in [0.1, 0.15) is 18.5 Å². The molecule has 1 amide bonds. The summed E-state index contributed by atoms with van der Waals surface area (Å²) < 4.78 is 1.53. The van der Waals surface area contributed by atoms with Gasteiger partial charge in [0.05, 0.1) is 12.1 Å². The molecule has 0 aliphatic carbocycles. The largest absolute Gasteiger partial charge is 0.347 e. The first kappa shape index (κ1) is 13.0. The van der Waals surface area contributed by atoms with E-state index in [1.54, 1.807) is 42.8 Å². The molecular formula is C13H13N7O. The minimum absolute atomic E-state index is 0.121. The normalized spacial score (nSPS) is 10.5. The van der Waals surface area contributed by atoms with Crippen LogP contribution >= 0.6 is 0 Å². The second-order valence-corrected chi connectivity index (χ2v) is 4.44. The first-order chi connectivity index (χ1) is 10.2. The fourth-order valence-corrected chi connectivity index (χ4v) is 1.88. The number of hydrogen-bond donors (Lipinski definition) is 1. The lowest BCUT2D eigenvalue weighted by molar-refractivity contribution is 0.0781. The van der Waals surface area contributed by atoms with Gasteiger partial charge in [-0.1, -0.05) is 0 Å². The number of carbonyl (C=O) groups excluding carboxylic acids is 1. The van der Waals surface area contributed by atoms with E-state index < -0.39 is 0 Å². The SMILES string of the molecule is CN(Cc1ncc[nH]1)C(=O)c1ccc(-n2cncn2)nc1. The van der Waals surface area contributed by atoms with Gasteiger partial charge in [0.2, 0.25) is 0 Å². The van der Waals surface area contributed by atoms with Crippen LogP contribution in [0.1, 0.15) is 16.2 Å². The number of pyridine rings is 1. The Morgan fingerprint density at radius 3 is 2.90 bits per heavy atom. The van der Waals surface area contributed by atoms with Gasteiger partial charge >= 0.3 is 0 Å². The zero-order valence-corrected chi connectivity index (χ0v) is 11.3. The number of nitrogens with one attached hydrogen (secondary N) is 1. The molecule has 3 heterocycles. The van der Waals surface area contributed by atoms with E-state index in [9.17, 15) is 4.79 Å². The molecule has 0 aliphatic heterocycles. The van der Waals surface area contributed by atoms with Crippen molar-refractivity contribution in [1.29, 1.82) is 0 Å². The Morgan fingerprint density at radius 1 is 1.38 bits per heavy atom. The second kappa shape index (κ2) is 5.53. The standard InChI is InChI=1S/C13H13N7O/c1-19(7-11-15-4-5-16-11)13(21)10-2-3-12(17-6-10)20-9-14-8-18-20/h2-6,8-9H,7H2,1H3,(H,15,16). The van der Waals surface area contributed by atoms with Gasteiger partial charge in [0, 0.05) is 25.6 Å². The van der Waals surface area contributed by atoms with Gasteiger partial charge in [0.15, 0.2) is 5.82 Å². The third kappa shape index (κ3) is 2.78. The van der Waals surface area contributed by atoms with Crippen molar-refractivity contribution in [3.63, 3.8) is 0 Å². The molecule has 21 heavy (non-hydrogen) atoms. The molecular weight excluding hydrogens is 270 g/mol. The Hall–Kier alpha value is -3.03. The summed E-state index contributed by atoms with van der Waals surface area (Å²) in [4.78, 5) is 29.0. The Kier molecular flexibility index (Phi) is 3.42. The maximum atomic E-state index is 12.3. The first-order valence-corrected chi connectivity index (χ1v) is 6.29. The lowest BCUT2D eigenvalue weighted by Crippen LogP contribution is -2.26. The average molecular weight is 283 g/mol. The quantitative estimate of drug-likeness (QED) is 0.759. The van der Waals surface area contributed by atoms with Crippen molar-refractivity contribution in [3.8, 4) is 5.82 Å². The second-order valence-electron chi connectivity index (χ2n) is 4.44. The summed E-state index contributed by atoms with van der Waals surface area (Å²) in [6, 6.07) is 3.44. The molecule has 3 rings (SSSR count). The van der Waals surface area contributed by atoms with Gasteiger partial charge in [-0.25, -0.2) is 19.6 Å². The van der Waals surface area contributed by atoms with Gasteiger partial charge in [-0.2, -0.15) is 5.10 Å². The van der Waals surface area contributed by atoms with Crippen molar-refractivity contribution in [2.24, 2.45) is 0 Å². The molecule has 0 saturated heterocycles. The van der Waals surface area contributed by atoms with Crippen LogP contribution in [0, 0.1) is 0 Å². The Balaban J connectivity index is 1.72. The van der Waals surface area contributed by atoms with Crippen LogP contribution in [-0.2, 0) is 6.54 Å². The minimum Gasteiger partial charge on any atom is -0.347 e. The fraction of sp³-hybridized carbons (Fsp3) is 0.154. The van der Waals surface area contributed by atoms with Crippen LogP contribution in [0.25, 0.3) is 5.82 Å². The van der Waals surface area contributed by atoms with Crippen LogP contribution < -0.4 is 0 Å². The molecule has 0 spiro atoms. The zero-order valence-electron chi connectivity index (χ0n) is 11.3. The smallest absolute Gasteiger partial charge is 0.255 e. The Labute approximate surface area is 120 Å². The molecule has 0 aliphatic rings. The van der Waals surface area contributed by atoms with Crippen LogP contribution in [0.3, 0.4) is 0 Å². The van der Waals surface area contributed by atoms with Gasteiger partial charge in [-0.3, -0.25) is 4.79 Å². The van der Waals surface area contributed by atoms with Crippen molar-refractivity contribution in [1.82, 2.24) is 34.6 Å². The van der Waals surface area contributed by atoms with E-state index in [0.29, 0.717) is 17.9 Å². The van der Waals surface area contributed by atoms with E-state index in [-0.39, 0.29) is 5.91 Å². The van der Waals surface area contributed by atoms with Gasteiger partial charge in [-0.05, 0) is 12.1 Å². The molecule has 106 valence electrons.